The van der Waals surface area contributed by atoms with Gasteiger partial charge in [-0.15, -0.1) is 0 Å². The smallest absolute Gasteiger partial charge is 0.340 e. The Morgan fingerprint density at radius 3 is 2.24 bits per heavy atom. The molecule has 0 aromatic heterocycles. The van der Waals surface area contributed by atoms with Crippen molar-refractivity contribution in [3.05, 3.63) is 94.5 Å². The molecular formula is C22H17ClN2O4. The van der Waals surface area contributed by atoms with Crippen molar-refractivity contribution in [3.8, 4) is 0 Å². The fourth-order valence-corrected chi connectivity index (χ4v) is 2.72. The SMILES string of the molecule is Nc1cc(Cl)ccc1C(=O)OCC(=O)c1ccc(NC(=O)c2ccccc2)cc1. The van der Waals surface area contributed by atoms with Gasteiger partial charge in [0.15, 0.2) is 12.4 Å². The van der Waals surface area contributed by atoms with E-state index >= 15 is 0 Å². The molecule has 0 saturated carbocycles. The maximum Gasteiger partial charge on any atom is 0.340 e. The minimum atomic E-state index is -0.709. The second kappa shape index (κ2) is 9.03. The molecule has 0 fully saturated rings. The molecule has 146 valence electrons. The summed E-state index contributed by atoms with van der Waals surface area (Å²) in [6.45, 7) is -0.434. The van der Waals surface area contributed by atoms with Crippen LogP contribution in [0.2, 0.25) is 5.02 Å². The zero-order chi connectivity index (χ0) is 20.8. The number of ketones is 1. The number of carbonyl (C=O) groups is 3. The number of hydrogen-bond donors (Lipinski definition) is 2. The highest BCUT2D eigenvalue weighted by Crippen LogP contribution is 2.19. The maximum atomic E-state index is 12.3. The van der Waals surface area contributed by atoms with Gasteiger partial charge in [-0.05, 0) is 54.6 Å². The van der Waals surface area contributed by atoms with Crippen molar-refractivity contribution in [1.29, 1.82) is 0 Å². The van der Waals surface area contributed by atoms with Gasteiger partial charge in [0, 0.05) is 27.5 Å². The van der Waals surface area contributed by atoms with Crippen molar-refractivity contribution < 1.29 is 19.1 Å². The van der Waals surface area contributed by atoms with Crippen LogP contribution in [-0.2, 0) is 4.74 Å². The predicted octanol–water partition coefficient (Wildman–Crippen LogP) is 4.21. The first-order valence-electron chi connectivity index (χ1n) is 8.66. The summed E-state index contributed by atoms with van der Waals surface area (Å²) in [4.78, 5) is 36.5. The number of Topliss-reactive ketones (excluding diaryl/α,β-unsaturated/α-hetero) is 1. The summed E-state index contributed by atoms with van der Waals surface area (Å²) in [5.74, 6) is -1.34. The molecular weight excluding hydrogens is 392 g/mol. The number of benzene rings is 3. The molecule has 3 rings (SSSR count). The first-order valence-corrected chi connectivity index (χ1v) is 9.03. The van der Waals surface area contributed by atoms with Gasteiger partial charge in [-0.2, -0.15) is 0 Å². The molecule has 0 spiro atoms. The van der Waals surface area contributed by atoms with Crippen LogP contribution in [0.1, 0.15) is 31.1 Å². The monoisotopic (exact) mass is 408 g/mol. The molecule has 0 unspecified atom stereocenters. The molecule has 29 heavy (non-hydrogen) atoms. The fourth-order valence-electron chi connectivity index (χ4n) is 2.54. The van der Waals surface area contributed by atoms with Gasteiger partial charge in [0.05, 0.1) is 5.56 Å². The summed E-state index contributed by atoms with van der Waals surface area (Å²) in [5, 5.41) is 3.14. The largest absolute Gasteiger partial charge is 0.454 e. The Hall–Kier alpha value is -3.64. The number of esters is 1. The first kappa shape index (κ1) is 20.1. The molecule has 0 saturated heterocycles. The topological polar surface area (TPSA) is 98.5 Å². The Bertz CT molecular complexity index is 1050. The quantitative estimate of drug-likeness (QED) is 0.361. The zero-order valence-electron chi connectivity index (χ0n) is 15.2. The van der Waals surface area contributed by atoms with Gasteiger partial charge in [0.25, 0.3) is 5.91 Å². The Balaban J connectivity index is 1.57. The van der Waals surface area contributed by atoms with E-state index in [0.717, 1.165) is 0 Å². The summed E-state index contributed by atoms with van der Waals surface area (Å²) in [6.07, 6.45) is 0. The van der Waals surface area contributed by atoms with E-state index in [4.69, 9.17) is 22.1 Å². The molecule has 0 aliphatic rings. The molecule has 3 aromatic rings. The highest BCUT2D eigenvalue weighted by atomic mass is 35.5. The van der Waals surface area contributed by atoms with Crippen molar-refractivity contribution >= 4 is 40.6 Å². The Morgan fingerprint density at radius 1 is 0.897 bits per heavy atom. The fraction of sp³-hybridized carbons (Fsp3) is 0.0455. The summed E-state index contributed by atoms with van der Waals surface area (Å²) in [6, 6.07) is 19.5. The maximum absolute atomic E-state index is 12.3. The van der Waals surface area contributed by atoms with Gasteiger partial charge in [0.1, 0.15) is 0 Å². The number of nitrogens with two attached hydrogens (primary N) is 1. The van der Waals surface area contributed by atoms with Crippen LogP contribution in [0.25, 0.3) is 0 Å². The molecule has 0 atom stereocenters. The Labute approximate surface area is 172 Å². The van der Waals surface area contributed by atoms with Gasteiger partial charge in [-0.3, -0.25) is 9.59 Å². The molecule has 0 radical (unpaired) electrons. The molecule has 7 heteroatoms. The van der Waals surface area contributed by atoms with Crippen LogP contribution in [0.15, 0.2) is 72.8 Å². The van der Waals surface area contributed by atoms with E-state index in [2.05, 4.69) is 5.32 Å². The zero-order valence-corrected chi connectivity index (χ0v) is 16.0. The average Bonchev–Trinajstić information content (AvgIpc) is 2.73. The van der Waals surface area contributed by atoms with E-state index in [1.165, 1.54) is 18.2 Å². The summed E-state index contributed by atoms with van der Waals surface area (Å²) in [7, 11) is 0. The number of hydrogen-bond acceptors (Lipinski definition) is 5. The lowest BCUT2D eigenvalue weighted by atomic mass is 10.1. The molecule has 3 N–H and O–H groups in total. The third-order valence-corrected chi connectivity index (χ3v) is 4.30. The van der Waals surface area contributed by atoms with Crippen molar-refractivity contribution in [2.45, 2.75) is 0 Å². The molecule has 0 heterocycles. The van der Waals surface area contributed by atoms with Crippen molar-refractivity contribution in [2.24, 2.45) is 0 Å². The highest BCUT2D eigenvalue weighted by molar-refractivity contribution is 6.31. The van der Waals surface area contributed by atoms with Crippen molar-refractivity contribution in [2.75, 3.05) is 17.7 Å². The number of nitrogen functional groups attached to an aromatic ring is 1. The van der Waals surface area contributed by atoms with Crippen LogP contribution in [0.3, 0.4) is 0 Å². The first-order chi connectivity index (χ1) is 13.9. The lowest BCUT2D eigenvalue weighted by molar-refractivity contribution is 0.0475. The standard InChI is InChI=1S/C22H17ClN2O4/c23-16-8-11-18(19(24)12-16)22(28)29-13-20(26)14-6-9-17(10-7-14)25-21(27)15-4-2-1-3-5-15/h1-12H,13,24H2,(H,25,27). The molecule has 3 aromatic carbocycles. The summed E-state index contributed by atoms with van der Waals surface area (Å²) < 4.78 is 5.04. The number of halogens is 1. The van der Waals surface area contributed by atoms with E-state index in [0.29, 0.717) is 21.8 Å². The van der Waals surface area contributed by atoms with Gasteiger partial charge in [0.2, 0.25) is 0 Å². The number of amides is 1. The lowest BCUT2D eigenvalue weighted by Gasteiger charge is -2.08. The third-order valence-electron chi connectivity index (χ3n) is 4.07. The van der Waals surface area contributed by atoms with Gasteiger partial charge < -0.3 is 15.8 Å². The molecule has 0 bridgehead atoms. The number of anilines is 2. The normalized spacial score (nSPS) is 10.2. The van der Waals surface area contributed by atoms with Crippen molar-refractivity contribution in [1.82, 2.24) is 0 Å². The van der Waals surface area contributed by atoms with Gasteiger partial charge in [-0.1, -0.05) is 29.8 Å². The van der Waals surface area contributed by atoms with Crippen LogP contribution >= 0.6 is 11.6 Å². The number of rotatable bonds is 6. The van der Waals surface area contributed by atoms with Crippen LogP contribution in [0.4, 0.5) is 11.4 Å². The minimum Gasteiger partial charge on any atom is -0.454 e. The molecule has 0 aliphatic heterocycles. The third kappa shape index (κ3) is 5.21. The van der Waals surface area contributed by atoms with E-state index in [1.807, 2.05) is 6.07 Å². The minimum absolute atomic E-state index is 0.140. The molecule has 1 amide bonds. The lowest BCUT2D eigenvalue weighted by Crippen LogP contribution is -2.15. The summed E-state index contributed by atoms with van der Waals surface area (Å²) >= 11 is 5.80. The second-order valence-corrected chi connectivity index (χ2v) is 6.56. The van der Waals surface area contributed by atoms with Crippen LogP contribution in [0, 0.1) is 0 Å². The Morgan fingerprint density at radius 2 is 1.59 bits per heavy atom. The van der Waals surface area contributed by atoms with Crippen molar-refractivity contribution in [3.63, 3.8) is 0 Å². The molecule has 6 nitrogen and oxygen atoms in total. The van der Waals surface area contributed by atoms with Crippen LogP contribution < -0.4 is 11.1 Å². The number of ether oxygens (including phenoxy) is 1. The van der Waals surface area contributed by atoms with Gasteiger partial charge >= 0.3 is 5.97 Å². The van der Waals surface area contributed by atoms with E-state index in [1.54, 1.807) is 48.5 Å². The highest BCUT2D eigenvalue weighted by Gasteiger charge is 2.15. The molecule has 0 aliphatic carbocycles. The Kier molecular flexibility index (Phi) is 6.26. The van der Waals surface area contributed by atoms with E-state index in [9.17, 15) is 14.4 Å². The van der Waals surface area contributed by atoms with Crippen LogP contribution in [-0.4, -0.2) is 24.3 Å². The number of nitrogens with one attached hydrogen (secondary N) is 1. The van der Waals surface area contributed by atoms with E-state index < -0.39 is 12.6 Å². The predicted molar refractivity (Wildman–Crippen MR) is 111 cm³/mol. The number of carbonyl (C=O) groups excluding carboxylic acids is 3. The second-order valence-electron chi connectivity index (χ2n) is 6.13. The van der Waals surface area contributed by atoms with Crippen LogP contribution in [0.5, 0.6) is 0 Å². The van der Waals surface area contributed by atoms with E-state index in [-0.39, 0.29) is 22.9 Å². The van der Waals surface area contributed by atoms with Gasteiger partial charge in [-0.25, -0.2) is 4.79 Å². The summed E-state index contributed by atoms with van der Waals surface area (Å²) in [5.41, 5.74) is 7.47. The average molecular weight is 409 g/mol.